The van der Waals surface area contributed by atoms with E-state index in [9.17, 15) is 4.79 Å². The lowest BCUT2D eigenvalue weighted by atomic mass is 9.93. The predicted molar refractivity (Wildman–Crippen MR) is 86.8 cm³/mol. The van der Waals surface area contributed by atoms with Crippen LogP contribution in [0.4, 0.5) is 4.79 Å². The molecule has 0 aliphatic heterocycles. The molecule has 3 rings (SSSR count). The molecule has 2 aromatic rings. The number of nitrogens with two attached hydrogens (primary N) is 1. The first-order valence-electron chi connectivity index (χ1n) is 7.10. The number of carbonyl (C=O) groups is 1. The van der Waals surface area contributed by atoms with E-state index in [1.165, 1.54) is 0 Å². The molecule has 1 atom stereocenters. The molecule has 2 amide bonds. The monoisotopic (exact) mass is 315 g/mol. The van der Waals surface area contributed by atoms with Crippen molar-refractivity contribution in [3.05, 3.63) is 57.8 Å². The molecular weight excluding hydrogens is 298 g/mol. The summed E-state index contributed by atoms with van der Waals surface area (Å²) in [7, 11) is 0. The summed E-state index contributed by atoms with van der Waals surface area (Å²) in [5.41, 5.74) is 8.31. The van der Waals surface area contributed by atoms with Gasteiger partial charge >= 0.3 is 6.03 Å². The van der Waals surface area contributed by atoms with Gasteiger partial charge < -0.3 is 15.9 Å². The summed E-state index contributed by atoms with van der Waals surface area (Å²) >= 11 is 1.61. The van der Waals surface area contributed by atoms with Crippen molar-refractivity contribution in [3.8, 4) is 0 Å². The molecule has 5 nitrogen and oxygen atoms in total. The van der Waals surface area contributed by atoms with E-state index in [1.807, 2.05) is 41.8 Å². The van der Waals surface area contributed by atoms with E-state index in [0.29, 0.717) is 6.61 Å². The van der Waals surface area contributed by atoms with E-state index >= 15 is 0 Å². The van der Waals surface area contributed by atoms with Crippen molar-refractivity contribution < 1.29 is 9.63 Å². The zero-order valence-electron chi connectivity index (χ0n) is 12.0. The topological polar surface area (TPSA) is 76.7 Å². The maximum Gasteiger partial charge on any atom is 0.312 e. The maximum absolute atomic E-state index is 11.1. The van der Waals surface area contributed by atoms with Crippen LogP contribution in [-0.4, -0.2) is 11.7 Å². The molecule has 3 N–H and O–H groups in total. The third kappa shape index (κ3) is 3.28. The van der Waals surface area contributed by atoms with Crippen molar-refractivity contribution in [2.75, 3.05) is 0 Å². The Morgan fingerprint density at radius 2 is 2.18 bits per heavy atom. The number of oxime groups is 1. The van der Waals surface area contributed by atoms with Crippen LogP contribution in [0.1, 0.15) is 34.9 Å². The number of hydrogen-bond donors (Lipinski definition) is 2. The Balaban J connectivity index is 1.70. The molecule has 0 bridgehead atoms. The van der Waals surface area contributed by atoms with Gasteiger partial charge in [0.15, 0.2) is 0 Å². The highest BCUT2D eigenvalue weighted by Crippen LogP contribution is 2.33. The number of benzene rings is 1. The SMILES string of the molecule is NC(=O)N[C@H]1CCC(=NOCc2ccccc2)c2sccc21. The lowest BCUT2D eigenvalue weighted by Crippen LogP contribution is -2.35. The molecule has 1 heterocycles. The largest absolute Gasteiger partial charge is 0.391 e. The van der Waals surface area contributed by atoms with E-state index in [1.54, 1.807) is 11.3 Å². The summed E-state index contributed by atoms with van der Waals surface area (Å²) < 4.78 is 0. The Hall–Kier alpha value is -2.34. The molecule has 0 radical (unpaired) electrons. The first kappa shape index (κ1) is 14.6. The third-order valence-electron chi connectivity index (χ3n) is 3.57. The number of fused-ring (bicyclic) bond motifs is 1. The molecule has 0 saturated heterocycles. The van der Waals surface area contributed by atoms with Gasteiger partial charge in [-0.15, -0.1) is 11.3 Å². The van der Waals surface area contributed by atoms with Gasteiger partial charge in [0, 0.05) is 0 Å². The van der Waals surface area contributed by atoms with Gasteiger partial charge in [0.2, 0.25) is 0 Å². The Labute approximate surface area is 132 Å². The summed E-state index contributed by atoms with van der Waals surface area (Å²) in [4.78, 5) is 17.6. The summed E-state index contributed by atoms with van der Waals surface area (Å²) in [6, 6.07) is 11.4. The number of nitrogens with one attached hydrogen (secondary N) is 1. The zero-order valence-corrected chi connectivity index (χ0v) is 12.8. The minimum atomic E-state index is -0.497. The number of thiophene rings is 1. The Morgan fingerprint density at radius 3 is 2.95 bits per heavy atom. The number of amides is 2. The quantitative estimate of drug-likeness (QED) is 0.850. The van der Waals surface area contributed by atoms with Crippen molar-refractivity contribution in [1.29, 1.82) is 0 Å². The van der Waals surface area contributed by atoms with Crippen LogP contribution in [0, 0.1) is 0 Å². The number of rotatable bonds is 4. The van der Waals surface area contributed by atoms with Crippen LogP contribution in [0.2, 0.25) is 0 Å². The molecule has 0 saturated carbocycles. The van der Waals surface area contributed by atoms with E-state index in [4.69, 9.17) is 10.6 Å². The molecule has 114 valence electrons. The van der Waals surface area contributed by atoms with Gasteiger partial charge in [-0.2, -0.15) is 0 Å². The van der Waals surface area contributed by atoms with Crippen LogP contribution in [0.5, 0.6) is 0 Å². The number of urea groups is 1. The fourth-order valence-electron chi connectivity index (χ4n) is 2.55. The van der Waals surface area contributed by atoms with E-state index in [-0.39, 0.29) is 6.04 Å². The summed E-state index contributed by atoms with van der Waals surface area (Å²) in [5, 5.41) is 9.06. The van der Waals surface area contributed by atoms with Crippen molar-refractivity contribution in [1.82, 2.24) is 5.32 Å². The molecule has 1 aromatic carbocycles. The smallest absolute Gasteiger partial charge is 0.312 e. The van der Waals surface area contributed by atoms with Gasteiger partial charge in [0.1, 0.15) is 6.61 Å². The highest BCUT2D eigenvalue weighted by molar-refractivity contribution is 7.12. The molecule has 1 aliphatic rings. The zero-order chi connectivity index (χ0) is 15.4. The summed E-state index contributed by atoms with van der Waals surface area (Å²) in [6.07, 6.45) is 1.54. The second kappa shape index (κ2) is 6.62. The van der Waals surface area contributed by atoms with Gasteiger partial charge in [0.05, 0.1) is 16.6 Å². The van der Waals surface area contributed by atoms with Gasteiger partial charge in [-0.1, -0.05) is 35.5 Å². The fraction of sp³-hybridized carbons (Fsp3) is 0.250. The van der Waals surface area contributed by atoms with Crippen molar-refractivity contribution >= 4 is 23.1 Å². The number of carbonyl (C=O) groups excluding carboxylic acids is 1. The van der Waals surface area contributed by atoms with Crippen LogP contribution in [-0.2, 0) is 11.4 Å². The van der Waals surface area contributed by atoms with Crippen LogP contribution in [0.25, 0.3) is 0 Å². The van der Waals surface area contributed by atoms with E-state index in [0.717, 1.165) is 34.6 Å². The van der Waals surface area contributed by atoms with E-state index in [2.05, 4.69) is 10.5 Å². The maximum atomic E-state index is 11.1. The highest BCUT2D eigenvalue weighted by Gasteiger charge is 2.26. The molecule has 0 unspecified atom stereocenters. The van der Waals surface area contributed by atoms with Gasteiger partial charge in [0.25, 0.3) is 0 Å². The first-order chi connectivity index (χ1) is 10.7. The molecular formula is C16H17N3O2S. The normalized spacial score (nSPS) is 18.7. The predicted octanol–water partition coefficient (Wildman–Crippen LogP) is 3.17. The Bertz CT molecular complexity index is 682. The van der Waals surface area contributed by atoms with Crippen LogP contribution < -0.4 is 11.1 Å². The lowest BCUT2D eigenvalue weighted by Gasteiger charge is -2.23. The van der Waals surface area contributed by atoms with Crippen molar-refractivity contribution in [2.45, 2.75) is 25.5 Å². The third-order valence-corrected chi connectivity index (χ3v) is 4.55. The average molecular weight is 315 g/mol. The van der Waals surface area contributed by atoms with Crippen LogP contribution in [0.3, 0.4) is 0 Å². The van der Waals surface area contributed by atoms with Gasteiger partial charge in [-0.25, -0.2) is 4.79 Å². The summed E-state index contributed by atoms with van der Waals surface area (Å²) in [6.45, 7) is 0.452. The molecule has 1 aliphatic carbocycles. The molecule has 0 spiro atoms. The second-order valence-corrected chi connectivity index (χ2v) is 6.02. The van der Waals surface area contributed by atoms with Crippen LogP contribution in [0.15, 0.2) is 46.9 Å². The highest BCUT2D eigenvalue weighted by atomic mass is 32.1. The lowest BCUT2D eigenvalue weighted by molar-refractivity contribution is 0.130. The standard InChI is InChI=1S/C16H17N3O2S/c17-16(20)18-13-6-7-14(15-12(13)8-9-22-15)19-21-10-11-4-2-1-3-5-11/h1-5,8-9,13H,6-7,10H2,(H3,17,18,20)/t13-/m0/s1. The molecule has 1 aromatic heterocycles. The van der Waals surface area contributed by atoms with Gasteiger partial charge in [-0.3, -0.25) is 0 Å². The van der Waals surface area contributed by atoms with Gasteiger partial charge in [-0.05, 0) is 35.4 Å². The average Bonchev–Trinajstić information content (AvgIpc) is 3.00. The molecule has 6 heteroatoms. The van der Waals surface area contributed by atoms with Crippen molar-refractivity contribution in [3.63, 3.8) is 0 Å². The fourth-order valence-corrected chi connectivity index (χ4v) is 3.52. The second-order valence-electron chi connectivity index (χ2n) is 5.10. The summed E-state index contributed by atoms with van der Waals surface area (Å²) in [5.74, 6) is 0. The molecule has 22 heavy (non-hydrogen) atoms. The number of hydrogen-bond acceptors (Lipinski definition) is 4. The number of nitrogens with zero attached hydrogens (tertiary/aromatic N) is 1. The van der Waals surface area contributed by atoms with E-state index < -0.39 is 6.03 Å². The minimum absolute atomic E-state index is 0.0353. The minimum Gasteiger partial charge on any atom is -0.391 e. The van der Waals surface area contributed by atoms with Crippen molar-refractivity contribution in [2.24, 2.45) is 10.9 Å². The first-order valence-corrected chi connectivity index (χ1v) is 7.98. The molecule has 0 fully saturated rings. The Kier molecular flexibility index (Phi) is 4.39. The Morgan fingerprint density at radius 1 is 1.36 bits per heavy atom. The van der Waals surface area contributed by atoms with Crippen LogP contribution >= 0.6 is 11.3 Å². The number of primary amides is 1.